The van der Waals surface area contributed by atoms with Crippen LogP contribution in [-0.2, 0) is 21.4 Å². The number of piperidine rings is 1. The van der Waals surface area contributed by atoms with Gasteiger partial charge in [-0.05, 0) is 19.8 Å². The van der Waals surface area contributed by atoms with E-state index in [2.05, 4.69) is 10.4 Å². The molecule has 0 aromatic carbocycles. The Morgan fingerprint density at radius 2 is 2.10 bits per heavy atom. The van der Waals surface area contributed by atoms with Crippen LogP contribution in [0.15, 0.2) is 11.1 Å². The number of anilines is 1. The van der Waals surface area contributed by atoms with Crippen LogP contribution in [0.4, 0.5) is 5.82 Å². The molecule has 3 N–H and O–H groups in total. The quantitative estimate of drug-likeness (QED) is 0.798. The van der Waals surface area contributed by atoms with Crippen molar-refractivity contribution in [3.63, 3.8) is 0 Å². The SMILES string of the molecule is CCn1cc(S(=O)(=O)N2CCC(NC(C)=O)CC2)c(N)n1. The van der Waals surface area contributed by atoms with Gasteiger partial charge in [0.25, 0.3) is 0 Å². The fourth-order valence-electron chi connectivity index (χ4n) is 2.45. The molecule has 0 saturated carbocycles. The predicted octanol–water partition coefficient (Wildman–Crippen LogP) is -0.226. The van der Waals surface area contributed by atoms with E-state index >= 15 is 0 Å². The number of aromatic nitrogens is 2. The maximum atomic E-state index is 12.6. The third kappa shape index (κ3) is 3.35. The molecule has 0 radical (unpaired) electrons. The van der Waals surface area contributed by atoms with E-state index in [0.29, 0.717) is 32.5 Å². The van der Waals surface area contributed by atoms with Gasteiger partial charge in [0.15, 0.2) is 5.82 Å². The molecule has 1 aliphatic heterocycles. The third-order valence-corrected chi connectivity index (χ3v) is 5.47. The highest BCUT2D eigenvalue weighted by Crippen LogP contribution is 2.24. The smallest absolute Gasteiger partial charge is 0.248 e. The van der Waals surface area contributed by atoms with Crippen LogP contribution in [0.25, 0.3) is 0 Å². The largest absolute Gasteiger partial charge is 0.381 e. The van der Waals surface area contributed by atoms with Gasteiger partial charge in [-0.15, -0.1) is 0 Å². The Labute approximate surface area is 124 Å². The number of amides is 1. The summed E-state index contributed by atoms with van der Waals surface area (Å²) in [5.74, 6) is -0.0643. The lowest BCUT2D eigenvalue weighted by Gasteiger charge is -2.31. The summed E-state index contributed by atoms with van der Waals surface area (Å²) in [7, 11) is -3.62. The second kappa shape index (κ2) is 6.02. The van der Waals surface area contributed by atoms with Crippen LogP contribution in [0.5, 0.6) is 0 Å². The molecule has 1 aliphatic rings. The van der Waals surface area contributed by atoms with E-state index in [0.717, 1.165) is 0 Å². The fraction of sp³-hybridized carbons (Fsp3) is 0.667. The van der Waals surface area contributed by atoms with Gasteiger partial charge in [-0.2, -0.15) is 9.40 Å². The third-order valence-electron chi connectivity index (χ3n) is 3.56. The van der Waals surface area contributed by atoms with Gasteiger partial charge in [0, 0.05) is 38.8 Å². The molecule has 0 unspecified atom stereocenters. The van der Waals surface area contributed by atoms with E-state index in [1.165, 1.54) is 22.1 Å². The van der Waals surface area contributed by atoms with Crippen LogP contribution in [0.1, 0.15) is 26.7 Å². The Hall–Kier alpha value is -1.61. The van der Waals surface area contributed by atoms with Crippen molar-refractivity contribution in [1.29, 1.82) is 0 Å². The first-order chi connectivity index (χ1) is 9.84. The van der Waals surface area contributed by atoms with Crippen molar-refractivity contribution in [2.24, 2.45) is 0 Å². The minimum Gasteiger partial charge on any atom is -0.381 e. The molecule has 1 amide bonds. The standard InChI is InChI=1S/C12H21N5O3S/c1-3-16-8-11(12(13)15-16)21(19,20)17-6-4-10(5-7-17)14-9(2)18/h8,10H,3-7H2,1-2H3,(H2,13,15)(H,14,18). The van der Waals surface area contributed by atoms with Gasteiger partial charge in [-0.1, -0.05) is 0 Å². The summed E-state index contributed by atoms with van der Waals surface area (Å²) in [5.41, 5.74) is 5.71. The summed E-state index contributed by atoms with van der Waals surface area (Å²) in [6.45, 7) is 4.61. The number of sulfonamides is 1. The number of nitrogens with two attached hydrogens (primary N) is 1. The number of carbonyl (C=O) groups is 1. The lowest BCUT2D eigenvalue weighted by atomic mass is 10.1. The van der Waals surface area contributed by atoms with E-state index in [9.17, 15) is 13.2 Å². The molecule has 2 rings (SSSR count). The summed E-state index contributed by atoms with van der Waals surface area (Å²) in [4.78, 5) is 11.1. The van der Waals surface area contributed by atoms with E-state index in [1.807, 2.05) is 6.92 Å². The zero-order valence-corrected chi connectivity index (χ0v) is 13.1. The van der Waals surface area contributed by atoms with E-state index in [-0.39, 0.29) is 22.7 Å². The van der Waals surface area contributed by atoms with Crippen LogP contribution in [-0.4, -0.2) is 47.5 Å². The Kier molecular flexibility index (Phi) is 4.52. The number of hydrogen-bond acceptors (Lipinski definition) is 5. The summed E-state index contributed by atoms with van der Waals surface area (Å²) in [6.07, 6.45) is 2.66. The van der Waals surface area contributed by atoms with E-state index < -0.39 is 10.0 Å². The molecule has 0 aliphatic carbocycles. The maximum Gasteiger partial charge on any atom is 0.248 e. The molecule has 1 aromatic rings. The molecule has 118 valence electrons. The molecule has 9 heteroatoms. The summed E-state index contributed by atoms with van der Waals surface area (Å²) < 4.78 is 28.1. The second-order valence-electron chi connectivity index (χ2n) is 5.11. The van der Waals surface area contributed by atoms with E-state index in [4.69, 9.17) is 5.73 Å². The monoisotopic (exact) mass is 315 g/mol. The number of aryl methyl sites for hydroxylation is 1. The van der Waals surface area contributed by atoms with Crippen molar-refractivity contribution >= 4 is 21.7 Å². The van der Waals surface area contributed by atoms with Crippen LogP contribution in [0.2, 0.25) is 0 Å². The van der Waals surface area contributed by atoms with Crippen molar-refractivity contribution in [2.75, 3.05) is 18.8 Å². The Morgan fingerprint density at radius 3 is 2.57 bits per heavy atom. The highest BCUT2D eigenvalue weighted by Gasteiger charge is 2.32. The number of hydrogen-bond donors (Lipinski definition) is 2. The second-order valence-corrected chi connectivity index (χ2v) is 7.02. The predicted molar refractivity (Wildman–Crippen MR) is 77.9 cm³/mol. The fourth-order valence-corrected chi connectivity index (χ4v) is 3.98. The number of carbonyl (C=O) groups excluding carboxylic acids is 1. The van der Waals surface area contributed by atoms with Crippen molar-refractivity contribution in [3.8, 4) is 0 Å². The molecular weight excluding hydrogens is 294 g/mol. The minimum atomic E-state index is -3.62. The highest BCUT2D eigenvalue weighted by molar-refractivity contribution is 7.89. The molecule has 1 aromatic heterocycles. The number of rotatable bonds is 4. The molecule has 0 atom stereocenters. The van der Waals surface area contributed by atoms with Crippen molar-refractivity contribution < 1.29 is 13.2 Å². The first-order valence-corrected chi connectivity index (χ1v) is 8.38. The molecule has 0 bridgehead atoms. The van der Waals surface area contributed by atoms with Crippen molar-refractivity contribution in [3.05, 3.63) is 6.20 Å². The topological polar surface area (TPSA) is 110 Å². The van der Waals surface area contributed by atoms with Crippen LogP contribution in [0.3, 0.4) is 0 Å². The normalized spacial score (nSPS) is 17.8. The maximum absolute atomic E-state index is 12.6. The number of nitrogens with zero attached hydrogens (tertiary/aromatic N) is 3. The van der Waals surface area contributed by atoms with E-state index in [1.54, 1.807) is 0 Å². The molecule has 1 fully saturated rings. The van der Waals surface area contributed by atoms with Gasteiger partial charge in [0.2, 0.25) is 15.9 Å². The average Bonchev–Trinajstić information content (AvgIpc) is 2.81. The van der Waals surface area contributed by atoms with Gasteiger partial charge < -0.3 is 11.1 Å². The average molecular weight is 315 g/mol. The minimum absolute atomic E-state index is 0.0286. The number of nitrogen functional groups attached to an aromatic ring is 1. The highest BCUT2D eigenvalue weighted by atomic mass is 32.2. The molecule has 0 spiro atoms. The van der Waals surface area contributed by atoms with Gasteiger partial charge >= 0.3 is 0 Å². The summed E-state index contributed by atoms with van der Waals surface area (Å²) in [5, 5.41) is 6.79. The zero-order valence-electron chi connectivity index (χ0n) is 12.2. The summed E-state index contributed by atoms with van der Waals surface area (Å²) >= 11 is 0. The zero-order chi connectivity index (χ0) is 15.6. The van der Waals surface area contributed by atoms with Crippen molar-refractivity contribution in [2.45, 2.75) is 44.2 Å². The lowest BCUT2D eigenvalue weighted by Crippen LogP contribution is -2.46. The first kappa shape index (κ1) is 15.8. The molecule has 1 saturated heterocycles. The Balaban J connectivity index is 2.11. The molecular formula is C12H21N5O3S. The number of nitrogens with one attached hydrogen (secondary N) is 1. The van der Waals surface area contributed by atoms with Crippen LogP contribution >= 0.6 is 0 Å². The molecule has 2 heterocycles. The summed E-state index contributed by atoms with van der Waals surface area (Å²) in [6, 6.07) is 0.0321. The van der Waals surface area contributed by atoms with Crippen LogP contribution in [0, 0.1) is 0 Å². The van der Waals surface area contributed by atoms with Gasteiger partial charge in [-0.25, -0.2) is 8.42 Å². The molecule has 8 nitrogen and oxygen atoms in total. The Morgan fingerprint density at radius 1 is 1.48 bits per heavy atom. The van der Waals surface area contributed by atoms with Crippen molar-refractivity contribution in [1.82, 2.24) is 19.4 Å². The van der Waals surface area contributed by atoms with Gasteiger partial charge in [0.1, 0.15) is 4.90 Å². The molecule has 21 heavy (non-hydrogen) atoms. The van der Waals surface area contributed by atoms with Crippen LogP contribution < -0.4 is 11.1 Å². The first-order valence-electron chi connectivity index (χ1n) is 6.94. The Bertz CT molecular complexity index is 617. The van der Waals surface area contributed by atoms with Gasteiger partial charge in [0.05, 0.1) is 0 Å². The van der Waals surface area contributed by atoms with Gasteiger partial charge in [-0.3, -0.25) is 9.48 Å². The lowest BCUT2D eigenvalue weighted by molar-refractivity contribution is -0.119.